The second kappa shape index (κ2) is 7.43. The third-order valence-corrected chi connectivity index (χ3v) is 6.20. The maximum Gasteiger partial charge on any atom is 0.272 e. The minimum atomic E-state index is -0.0718. The Hall–Kier alpha value is -2.82. The highest BCUT2D eigenvalue weighted by Gasteiger charge is 2.16. The molecule has 0 saturated carbocycles. The summed E-state index contributed by atoms with van der Waals surface area (Å²) in [7, 11) is 1.62. The molecule has 2 aromatic heterocycles. The van der Waals surface area contributed by atoms with Crippen molar-refractivity contribution in [3.8, 4) is 11.8 Å². The lowest BCUT2D eigenvalue weighted by Gasteiger charge is -2.11. The van der Waals surface area contributed by atoms with Crippen LogP contribution in [-0.4, -0.2) is 22.4 Å². The van der Waals surface area contributed by atoms with Gasteiger partial charge in [-0.1, -0.05) is 42.1 Å². The van der Waals surface area contributed by atoms with Crippen molar-refractivity contribution < 1.29 is 4.74 Å². The van der Waals surface area contributed by atoms with Crippen LogP contribution >= 0.6 is 23.1 Å². The van der Waals surface area contributed by atoms with E-state index >= 15 is 0 Å². The topological polar surface area (TPSA) is 67.9 Å². The molecule has 0 atom stereocenters. The highest BCUT2D eigenvalue weighted by atomic mass is 32.2. The molecule has 0 radical (unpaired) electrons. The molecule has 4 aromatic rings. The summed E-state index contributed by atoms with van der Waals surface area (Å²) < 4.78 is 8.53. The predicted octanol–water partition coefficient (Wildman–Crippen LogP) is 4.28. The van der Waals surface area contributed by atoms with Crippen LogP contribution in [0.3, 0.4) is 0 Å². The summed E-state index contributed by atoms with van der Waals surface area (Å²) in [5.41, 5.74) is 1.61. The molecule has 0 saturated heterocycles. The molecule has 27 heavy (non-hydrogen) atoms. The largest absolute Gasteiger partial charge is 0.497 e. The molecule has 0 aliphatic rings. The Kier molecular flexibility index (Phi) is 4.84. The van der Waals surface area contributed by atoms with Gasteiger partial charge in [-0.3, -0.25) is 9.36 Å². The molecule has 0 amide bonds. The molecule has 134 valence electrons. The van der Waals surface area contributed by atoms with Crippen molar-refractivity contribution in [2.75, 3.05) is 12.9 Å². The third-order valence-electron chi connectivity index (χ3n) is 4.21. The number of aromatic nitrogens is 2. The summed E-state index contributed by atoms with van der Waals surface area (Å²) in [5, 5.41) is 10.5. The van der Waals surface area contributed by atoms with E-state index in [9.17, 15) is 4.79 Å². The van der Waals surface area contributed by atoms with Crippen LogP contribution < -0.4 is 10.3 Å². The fourth-order valence-corrected chi connectivity index (χ4v) is 4.66. The van der Waals surface area contributed by atoms with Crippen LogP contribution in [0.4, 0.5) is 0 Å². The van der Waals surface area contributed by atoms with Gasteiger partial charge in [0, 0.05) is 10.1 Å². The molecule has 5 nitrogen and oxygen atoms in total. The number of hydrogen-bond acceptors (Lipinski definition) is 6. The Bertz CT molecular complexity index is 1220. The van der Waals surface area contributed by atoms with Gasteiger partial charge in [0.25, 0.3) is 5.56 Å². The molecule has 2 aromatic carbocycles. The van der Waals surface area contributed by atoms with Crippen molar-refractivity contribution in [1.82, 2.24) is 9.55 Å². The fourth-order valence-electron chi connectivity index (χ4n) is 2.91. The molecule has 0 spiro atoms. The van der Waals surface area contributed by atoms with Crippen LogP contribution in [0.5, 0.6) is 5.75 Å². The normalized spacial score (nSPS) is 11.0. The highest BCUT2D eigenvalue weighted by molar-refractivity contribution is 7.99. The smallest absolute Gasteiger partial charge is 0.272 e. The minimum Gasteiger partial charge on any atom is -0.497 e. The average Bonchev–Trinajstić information content (AvgIpc) is 3.08. The van der Waals surface area contributed by atoms with Crippen LogP contribution in [0, 0.1) is 11.3 Å². The van der Waals surface area contributed by atoms with E-state index in [1.54, 1.807) is 11.7 Å². The van der Waals surface area contributed by atoms with E-state index in [1.165, 1.54) is 23.1 Å². The van der Waals surface area contributed by atoms with E-state index in [0.717, 1.165) is 21.4 Å². The summed E-state index contributed by atoms with van der Waals surface area (Å²) in [6, 6.07) is 17.6. The lowest BCUT2D eigenvalue weighted by atomic mass is 10.2. The zero-order chi connectivity index (χ0) is 18.8. The van der Waals surface area contributed by atoms with Gasteiger partial charge in [0.15, 0.2) is 5.16 Å². The summed E-state index contributed by atoms with van der Waals surface area (Å²) in [5.74, 6) is 1.01. The highest BCUT2D eigenvalue weighted by Crippen LogP contribution is 2.31. The Labute approximate surface area is 163 Å². The first-order valence-electron chi connectivity index (χ1n) is 8.26. The second-order valence-corrected chi connectivity index (χ2v) is 7.85. The lowest BCUT2D eigenvalue weighted by Crippen LogP contribution is -2.23. The molecule has 0 aliphatic carbocycles. The Balaban J connectivity index is 1.88. The van der Waals surface area contributed by atoms with Gasteiger partial charge in [-0.2, -0.15) is 5.26 Å². The number of nitrogens with zero attached hydrogens (tertiary/aromatic N) is 3. The minimum absolute atomic E-state index is 0.0718. The first-order chi connectivity index (χ1) is 13.2. The van der Waals surface area contributed by atoms with Gasteiger partial charge >= 0.3 is 0 Å². The molecule has 4 rings (SSSR count). The zero-order valence-electron chi connectivity index (χ0n) is 14.5. The predicted molar refractivity (Wildman–Crippen MR) is 110 cm³/mol. The summed E-state index contributed by atoms with van der Waals surface area (Å²) in [4.78, 5) is 18.0. The van der Waals surface area contributed by atoms with Gasteiger partial charge < -0.3 is 4.74 Å². The zero-order valence-corrected chi connectivity index (χ0v) is 16.1. The quantitative estimate of drug-likeness (QED) is 0.374. The van der Waals surface area contributed by atoms with E-state index in [4.69, 9.17) is 15.0 Å². The number of thioether (sulfide) groups is 1. The molecule has 2 heterocycles. The van der Waals surface area contributed by atoms with Crippen molar-refractivity contribution in [2.45, 2.75) is 11.7 Å². The average molecular weight is 393 g/mol. The number of benzene rings is 2. The number of fused-ring (bicyclic) bond motifs is 3. The van der Waals surface area contributed by atoms with Crippen LogP contribution in [0.25, 0.3) is 20.3 Å². The van der Waals surface area contributed by atoms with Crippen LogP contribution in [0.2, 0.25) is 0 Å². The Morgan fingerprint density at radius 1 is 1.22 bits per heavy atom. The van der Waals surface area contributed by atoms with E-state index < -0.39 is 0 Å². The summed E-state index contributed by atoms with van der Waals surface area (Å²) in [6.07, 6.45) is 0. The van der Waals surface area contributed by atoms with Gasteiger partial charge in [0.05, 0.1) is 31.0 Å². The maximum absolute atomic E-state index is 13.2. The monoisotopic (exact) mass is 393 g/mol. The molecular formula is C20H15N3O2S2. The number of thiophene rings is 1. The molecule has 0 N–H and O–H groups in total. The summed E-state index contributed by atoms with van der Waals surface area (Å²) in [6.45, 7) is 0.397. The molecule has 0 aliphatic heterocycles. The third kappa shape index (κ3) is 3.29. The van der Waals surface area contributed by atoms with Gasteiger partial charge in [-0.05, 0) is 23.8 Å². The van der Waals surface area contributed by atoms with E-state index in [2.05, 4.69) is 6.07 Å². The molecule has 7 heteroatoms. The summed E-state index contributed by atoms with van der Waals surface area (Å²) >= 11 is 2.75. The first-order valence-corrected chi connectivity index (χ1v) is 10.1. The number of methoxy groups -OCH3 is 1. The van der Waals surface area contributed by atoms with E-state index in [-0.39, 0.29) is 11.3 Å². The Morgan fingerprint density at radius 3 is 2.74 bits per heavy atom. The van der Waals surface area contributed by atoms with Crippen LogP contribution in [0.1, 0.15) is 5.56 Å². The number of rotatable bonds is 5. The molecule has 0 unspecified atom stereocenters. The first kappa shape index (κ1) is 17.6. The maximum atomic E-state index is 13.2. The van der Waals surface area contributed by atoms with Gasteiger partial charge in [0.2, 0.25) is 0 Å². The lowest BCUT2D eigenvalue weighted by molar-refractivity contribution is 0.414. The van der Waals surface area contributed by atoms with Gasteiger partial charge in [-0.25, -0.2) is 4.98 Å². The SMILES string of the molecule is COc1ccc(Cn2c(SCC#N)nc3c(sc4ccccc43)c2=O)cc1. The second-order valence-electron chi connectivity index (χ2n) is 5.86. The van der Waals surface area contributed by atoms with Crippen molar-refractivity contribution >= 4 is 43.4 Å². The fraction of sp³-hybridized carbons (Fsp3) is 0.150. The Morgan fingerprint density at radius 2 is 2.00 bits per heavy atom. The van der Waals surface area contributed by atoms with Crippen molar-refractivity contribution in [3.05, 3.63) is 64.4 Å². The molecular weight excluding hydrogens is 378 g/mol. The van der Waals surface area contributed by atoms with E-state index in [0.29, 0.717) is 21.9 Å². The van der Waals surface area contributed by atoms with Gasteiger partial charge in [0.1, 0.15) is 10.4 Å². The van der Waals surface area contributed by atoms with E-state index in [1.807, 2.05) is 48.5 Å². The number of nitriles is 1. The van der Waals surface area contributed by atoms with Crippen molar-refractivity contribution in [1.29, 1.82) is 5.26 Å². The number of hydrogen-bond donors (Lipinski definition) is 0. The molecule has 0 bridgehead atoms. The van der Waals surface area contributed by atoms with Gasteiger partial charge in [-0.15, -0.1) is 11.3 Å². The van der Waals surface area contributed by atoms with Crippen LogP contribution in [-0.2, 0) is 6.54 Å². The van der Waals surface area contributed by atoms with Crippen molar-refractivity contribution in [2.24, 2.45) is 0 Å². The molecule has 0 fully saturated rings. The standard InChI is InChI=1S/C20H15N3O2S2/c1-25-14-8-6-13(7-9-14)12-23-19(24)18-17(22-20(23)26-11-10-21)15-4-2-3-5-16(15)27-18/h2-9H,11-12H2,1H3. The van der Waals surface area contributed by atoms with Crippen molar-refractivity contribution in [3.63, 3.8) is 0 Å². The number of ether oxygens (including phenoxy) is 1. The van der Waals surface area contributed by atoms with Crippen LogP contribution in [0.15, 0.2) is 58.5 Å².